The lowest BCUT2D eigenvalue weighted by Crippen LogP contribution is -2.26. The van der Waals surface area contributed by atoms with Crippen molar-refractivity contribution in [3.63, 3.8) is 0 Å². The Balaban J connectivity index is 2.29. The van der Waals surface area contributed by atoms with Crippen LogP contribution in [0.1, 0.15) is 35.1 Å². The van der Waals surface area contributed by atoms with Crippen LogP contribution in [-0.2, 0) is 11.2 Å². The molecular weight excluding hydrogens is 300 g/mol. The first-order valence-corrected chi connectivity index (χ1v) is 7.25. The SMILES string of the molecule is COc1ccccc1-c1nc(C(=O)O)c2n1C(C(=O)O)CCC2. The average Bonchev–Trinajstić information content (AvgIpc) is 2.94. The molecule has 1 unspecified atom stereocenters. The molecule has 1 aliphatic heterocycles. The number of rotatable bonds is 4. The average molecular weight is 316 g/mol. The number of carboxylic acid groups (broad SMARTS) is 2. The number of imidazole rings is 1. The maximum Gasteiger partial charge on any atom is 0.356 e. The molecule has 0 aliphatic carbocycles. The Kier molecular flexibility index (Phi) is 3.77. The van der Waals surface area contributed by atoms with Gasteiger partial charge >= 0.3 is 11.9 Å². The summed E-state index contributed by atoms with van der Waals surface area (Å²) in [5.41, 5.74) is 0.950. The summed E-state index contributed by atoms with van der Waals surface area (Å²) in [6.07, 6.45) is 1.56. The van der Waals surface area contributed by atoms with Crippen molar-refractivity contribution in [3.05, 3.63) is 35.7 Å². The number of aliphatic carboxylic acids is 1. The maximum absolute atomic E-state index is 11.6. The number of aromatic nitrogens is 2. The molecule has 0 amide bonds. The van der Waals surface area contributed by atoms with Crippen molar-refractivity contribution in [2.75, 3.05) is 7.11 Å². The number of para-hydroxylation sites is 1. The molecule has 7 heteroatoms. The molecule has 23 heavy (non-hydrogen) atoms. The Bertz CT molecular complexity index is 781. The van der Waals surface area contributed by atoms with E-state index in [2.05, 4.69) is 4.98 Å². The molecule has 0 fully saturated rings. The van der Waals surface area contributed by atoms with Crippen LogP contribution < -0.4 is 4.74 Å². The molecule has 1 aromatic carbocycles. The van der Waals surface area contributed by atoms with E-state index in [1.165, 1.54) is 11.7 Å². The number of aromatic carboxylic acids is 1. The fourth-order valence-electron chi connectivity index (χ4n) is 3.06. The first kappa shape index (κ1) is 15.1. The first-order valence-electron chi connectivity index (χ1n) is 7.25. The van der Waals surface area contributed by atoms with Crippen LogP contribution in [-0.4, -0.2) is 38.8 Å². The normalized spacial score (nSPS) is 16.7. The van der Waals surface area contributed by atoms with E-state index in [1.54, 1.807) is 24.3 Å². The molecule has 0 bridgehead atoms. The summed E-state index contributed by atoms with van der Waals surface area (Å²) in [5.74, 6) is -1.30. The van der Waals surface area contributed by atoms with Crippen molar-refractivity contribution in [1.29, 1.82) is 0 Å². The lowest BCUT2D eigenvalue weighted by atomic mass is 10.0. The summed E-state index contributed by atoms with van der Waals surface area (Å²) in [5, 5.41) is 18.9. The minimum Gasteiger partial charge on any atom is -0.496 e. The van der Waals surface area contributed by atoms with Gasteiger partial charge in [0.15, 0.2) is 5.69 Å². The Hall–Kier alpha value is -2.83. The summed E-state index contributed by atoms with van der Waals surface area (Å²) in [6.45, 7) is 0. The molecule has 1 atom stereocenters. The molecular formula is C16H16N2O5. The van der Waals surface area contributed by atoms with Gasteiger partial charge in [-0.05, 0) is 31.4 Å². The van der Waals surface area contributed by atoms with Crippen LogP contribution in [0.5, 0.6) is 5.75 Å². The van der Waals surface area contributed by atoms with Crippen molar-refractivity contribution in [1.82, 2.24) is 9.55 Å². The van der Waals surface area contributed by atoms with Crippen LogP contribution in [0.15, 0.2) is 24.3 Å². The van der Waals surface area contributed by atoms with E-state index < -0.39 is 18.0 Å². The highest BCUT2D eigenvalue weighted by atomic mass is 16.5. The van der Waals surface area contributed by atoms with E-state index in [9.17, 15) is 19.8 Å². The third-order valence-corrected chi connectivity index (χ3v) is 4.05. The quantitative estimate of drug-likeness (QED) is 0.896. The summed E-state index contributed by atoms with van der Waals surface area (Å²) >= 11 is 0. The van der Waals surface area contributed by atoms with Crippen molar-refractivity contribution in [2.24, 2.45) is 0 Å². The van der Waals surface area contributed by atoms with Crippen LogP contribution in [0.25, 0.3) is 11.4 Å². The number of carbonyl (C=O) groups is 2. The molecule has 7 nitrogen and oxygen atoms in total. The minimum atomic E-state index is -1.15. The lowest BCUT2D eigenvalue weighted by Gasteiger charge is -2.24. The fraction of sp³-hybridized carbons (Fsp3) is 0.312. The molecule has 2 heterocycles. The molecule has 1 aromatic heterocycles. The number of nitrogens with zero attached hydrogens (tertiary/aromatic N) is 2. The number of carboxylic acids is 2. The van der Waals surface area contributed by atoms with E-state index in [4.69, 9.17) is 4.74 Å². The van der Waals surface area contributed by atoms with Crippen molar-refractivity contribution < 1.29 is 24.5 Å². The zero-order valence-corrected chi connectivity index (χ0v) is 12.5. The van der Waals surface area contributed by atoms with Gasteiger partial charge in [0, 0.05) is 0 Å². The second-order valence-corrected chi connectivity index (χ2v) is 5.35. The summed E-state index contributed by atoms with van der Waals surface area (Å²) in [7, 11) is 1.51. The third kappa shape index (κ3) is 2.44. The standard InChI is InChI=1S/C16H16N2O5/c1-23-12-8-3-2-5-9(12)14-17-13(16(21)22)10-6-4-7-11(15(19)20)18(10)14/h2-3,5,8,11H,4,6-7H2,1H3,(H,19,20)(H,21,22). The number of hydrogen-bond donors (Lipinski definition) is 2. The third-order valence-electron chi connectivity index (χ3n) is 4.05. The van der Waals surface area contributed by atoms with Gasteiger partial charge in [0.1, 0.15) is 17.6 Å². The van der Waals surface area contributed by atoms with Gasteiger partial charge in [0.2, 0.25) is 0 Å². The monoisotopic (exact) mass is 316 g/mol. The number of ether oxygens (including phenoxy) is 1. The minimum absolute atomic E-state index is 0.0862. The molecule has 2 N–H and O–H groups in total. The zero-order valence-electron chi connectivity index (χ0n) is 12.5. The van der Waals surface area contributed by atoms with E-state index in [0.717, 1.165) is 0 Å². The Labute approximate surface area is 132 Å². The van der Waals surface area contributed by atoms with Gasteiger partial charge in [-0.3, -0.25) is 0 Å². The molecule has 0 spiro atoms. The number of fused-ring (bicyclic) bond motifs is 1. The van der Waals surface area contributed by atoms with Crippen LogP contribution >= 0.6 is 0 Å². The van der Waals surface area contributed by atoms with E-state index in [0.29, 0.717) is 42.1 Å². The zero-order chi connectivity index (χ0) is 16.6. The van der Waals surface area contributed by atoms with Gasteiger partial charge in [0.25, 0.3) is 0 Å². The molecule has 3 rings (SSSR count). The second kappa shape index (κ2) is 5.75. The number of methoxy groups -OCH3 is 1. The van der Waals surface area contributed by atoms with Gasteiger partial charge in [-0.25, -0.2) is 14.6 Å². The van der Waals surface area contributed by atoms with Crippen molar-refractivity contribution >= 4 is 11.9 Å². The molecule has 0 saturated heterocycles. The van der Waals surface area contributed by atoms with Crippen LogP contribution in [0.3, 0.4) is 0 Å². The predicted octanol–water partition coefficient (Wildman–Crippen LogP) is 2.22. The maximum atomic E-state index is 11.6. The number of hydrogen-bond acceptors (Lipinski definition) is 4. The van der Waals surface area contributed by atoms with Crippen LogP contribution in [0.4, 0.5) is 0 Å². The molecule has 120 valence electrons. The fourth-order valence-corrected chi connectivity index (χ4v) is 3.06. The Morgan fingerprint density at radius 1 is 1.30 bits per heavy atom. The molecule has 0 saturated carbocycles. The number of benzene rings is 1. The summed E-state index contributed by atoms with van der Waals surface area (Å²) in [4.78, 5) is 27.3. The predicted molar refractivity (Wildman–Crippen MR) is 80.8 cm³/mol. The topological polar surface area (TPSA) is 102 Å². The molecule has 1 aliphatic rings. The smallest absolute Gasteiger partial charge is 0.356 e. The second-order valence-electron chi connectivity index (χ2n) is 5.35. The van der Waals surface area contributed by atoms with Gasteiger partial charge in [0.05, 0.1) is 18.4 Å². The lowest BCUT2D eigenvalue weighted by molar-refractivity contribution is -0.141. The van der Waals surface area contributed by atoms with Gasteiger partial charge in [-0.15, -0.1) is 0 Å². The van der Waals surface area contributed by atoms with Gasteiger partial charge in [-0.1, -0.05) is 12.1 Å². The van der Waals surface area contributed by atoms with E-state index in [1.807, 2.05) is 0 Å². The van der Waals surface area contributed by atoms with Gasteiger partial charge < -0.3 is 19.5 Å². The largest absolute Gasteiger partial charge is 0.496 e. The van der Waals surface area contributed by atoms with Crippen LogP contribution in [0, 0.1) is 0 Å². The summed E-state index contributed by atoms with van der Waals surface area (Å²) in [6, 6.07) is 6.22. The highest BCUT2D eigenvalue weighted by Crippen LogP contribution is 2.37. The van der Waals surface area contributed by atoms with Crippen LogP contribution in [0.2, 0.25) is 0 Å². The molecule has 2 aromatic rings. The highest BCUT2D eigenvalue weighted by Gasteiger charge is 2.34. The van der Waals surface area contributed by atoms with Gasteiger partial charge in [-0.2, -0.15) is 0 Å². The Morgan fingerprint density at radius 3 is 2.70 bits per heavy atom. The Morgan fingerprint density at radius 2 is 2.04 bits per heavy atom. The highest BCUT2D eigenvalue weighted by molar-refractivity contribution is 5.89. The molecule has 0 radical (unpaired) electrons. The summed E-state index contributed by atoms with van der Waals surface area (Å²) < 4.78 is 6.84. The van der Waals surface area contributed by atoms with E-state index in [-0.39, 0.29) is 5.69 Å². The van der Waals surface area contributed by atoms with E-state index >= 15 is 0 Å². The first-order chi connectivity index (χ1) is 11.0. The van der Waals surface area contributed by atoms with Crippen molar-refractivity contribution in [2.45, 2.75) is 25.3 Å². The van der Waals surface area contributed by atoms with Crippen molar-refractivity contribution in [3.8, 4) is 17.1 Å².